The van der Waals surface area contributed by atoms with Gasteiger partial charge in [-0.15, -0.1) is 0 Å². The summed E-state index contributed by atoms with van der Waals surface area (Å²) in [7, 11) is 0. The number of aliphatic carboxylic acids is 1. The van der Waals surface area contributed by atoms with Gasteiger partial charge in [0.2, 0.25) is 5.69 Å². The van der Waals surface area contributed by atoms with E-state index in [0.29, 0.717) is 19.8 Å². The number of carbonyl (C=O) groups is 1. The predicted molar refractivity (Wildman–Crippen MR) is 243 cm³/mol. The Morgan fingerprint density at radius 2 is 1.33 bits per heavy atom. The Morgan fingerprint density at radius 1 is 0.741 bits per heavy atom. The fourth-order valence-corrected chi connectivity index (χ4v) is 8.67. The maximum atomic E-state index is 11.8. The Hall–Kier alpha value is -4.78. The molecule has 4 aromatic carbocycles. The van der Waals surface area contributed by atoms with Crippen molar-refractivity contribution in [3.8, 4) is 0 Å². The SMILES string of the molecule is CC(C)OCC(C)(C)C[N+]1=C(C=CC=CC=CC=C2N(CC(C)(C)COC(C)(C)C(=O)O)c3ccc4ccccc4c3C2(C)C)C(C)(C)c2c1ccc1ccccc21. The van der Waals surface area contributed by atoms with Crippen LogP contribution in [0.5, 0.6) is 0 Å². The van der Waals surface area contributed by atoms with Gasteiger partial charge in [-0.2, -0.15) is 4.58 Å². The topological polar surface area (TPSA) is 62.0 Å². The molecule has 6 nitrogen and oxygen atoms in total. The molecule has 58 heavy (non-hydrogen) atoms. The van der Waals surface area contributed by atoms with Crippen molar-refractivity contribution in [1.82, 2.24) is 0 Å². The average Bonchev–Trinajstić information content (AvgIpc) is 3.50. The fourth-order valence-electron chi connectivity index (χ4n) is 8.67. The number of hydrogen-bond donors (Lipinski definition) is 1. The molecule has 0 fully saturated rings. The van der Waals surface area contributed by atoms with Crippen LogP contribution in [0, 0.1) is 10.8 Å². The Balaban J connectivity index is 1.30. The molecule has 0 spiro atoms. The zero-order chi connectivity index (χ0) is 42.3. The summed E-state index contributed by atoms with van der Waals surface area (Å²) in [6.07, 6.45) is 15.3. The summed E-state index contributed by atoms with van der Waals surface area (Å²) in [5.74, 6) is -0.964. The monoisotopic (exact) mass is 781 g/mol. The molecule has 0 amide bonds. The second-order valence-electron chi connectivity index (χ2n) is 19.6. The average molecular weight is 782 g/mol. The molecule has 1 N–H and O–H groups in total. The van der Waals surface area contributed by atoms with E-state index in [4.69, 9.17) is 9.47 Å². The highest BCUT2D eigenvalue weighted by molar-refractivity contribution is 6.07. The van der Waals surface area contributed by atoms with Gasteiger partial charge < -0.3 is 19.5 Å². The van der Waals surface area contributed by atoms with Gasteiger partial charge in [-0.25, -0.2) is 4.79 Å². The molecule has 306 valence electrons. The largest absolute Gasteiger partial charge is 0.479 e. The van der Waals surface area contributed by atoms with Crippen LogP contribution in [-0.2, 0) is 25.1 Å². The molecule has 0 saturated carbocycles. The highest BCUT2D eigenvalue weighted by Crippen LogP contribution is 2.52. The first kappa shape index (κ1) is 42.8. The minimum absolute atomic E-state index is 0.0656. The van der Waals surface area contributed by atoms with Crippen molar-refractivity contribution < 1.29 is 24.0 Å². The molecular formula is C52H65N2O4+. The number of rotatable bonds is 15. The van der Waals surface area contributed by atoms with E-state index >= 15 is 0 Å². The Labute approximate surface area is 347 Å². The van der Waals surface area contributed by atoms with Crippen LogP contribution in [0.1, 0.15) is 94.2 Å². The van der Waals surface area contributed by atoms with Crippen molar-refractivity contribution in [2.75, 3.05) is 31.2 Å². The molecule has 6 heteroatoms. The van der Waals surface area contributed by atoms with Crippen LogP contribution in [0.2, 0.25) is 0 Å². The van der Waals surface area contributed by atoms with Crippen molar-refractivity contribution >= 4 is 44.6 Å². The maximum absolute atomic E-state index is 11.8. The van der Waals surface area contributed by atoms with Crippen LogP contribution in [0.4, 0.5) is 11.4 Å². The van der Waals surface area contributed by atoms with Gasteiger partial charge in [-0.05, 0) is 86.9 Å². The summed E-state index contributed by atoms with van der Waals surface area (Å²) in [5.41, 5.74) is 5.46. The molecule has 0 aliphatic carbocycles. The Morgan fingerprint density at radius 3 is 1.97 bits per heavy atom. The van der Waals surface area contributed by atoms with Gasteiger partial charge in [-0.3, -0.25) is 0 Å². The normalized spacial score (nSPS) is 17.7. The second kappa shape index (κ2) is 16.1. The minimum atomic E-state index is -1.26. The van der Waals surface area contributed by atoms with Crippen LogP contribution in [0.25, 0.3) is 21.5 Å². The fraction of sp³-hybridized carbons (Fsp3) is 0.423. The first-order valence-corrected chi connectivity index (χ1v) is 20.8. The molecule has 6 rings (SSSR count). The van der Waals surface area contributed by atoms with E-state index in [0.717, 1.165) is 6.54 Å². The number of allylic oxidation sites excluding steroid dienone is 8. The number of nitrogens with zero attached hydrogens (tertiary/aromatic N) is 2. The van der Waals surface area contributed by atoms with E-state index in [2.05, 4.69) is 194 Å². The minimum Gasteiger partial charge on any atom is -0.479 e. The van der Waals surface area contributed by atoms with Crippen molar-refractivity contribution in [1.29, 1.82) is 0 Å². The number of benzene rings is 4. The van der Waals surface area contributed by atoms with Gasteiger partial charge in [0.25, 0.3) is 0 Å². The van der Waals surface area contributed by atoms with Crippen molar-refractivity contribution in [3.05, 3.63) is 132 Å². The van der Waals surface area contributed by atoms with Gasteiger partial charge in [0, 0.05) is 51.9 Å². The highest BCUT2D eigenvalue weighted by atomic mass is 16.5. The quantitative estimate of drug-likeness (QED) is 0.0961. The van der Waals surface area contributed by atoms with E-state index in [-0.39, 0.29) is 27.8 Å². The summed E-state index contributed by atoms with van der Waals surface area (Å²) in [6, 6.07) is 26.3. The van der Waals surface area contributed by atoms with Gasteiger partial charge >= 0.3 is 5.97 Å². The van der Waals surface area contributed by atoms with E-state index in [1.54, 1.807) is 13.8 Å². The molecule has 2 aliphatic heterocycles. The number of anilines is 1. The number of hydrogen-bond acceptors (Lipinski definition) is 4. The summed E-state index contributed by atoms with van der Waals surface area (Å²) in [6.45, 7) is 28.1. The summed E-state index contributed by atoms with van der Waals surface area (Å²) >= 11 is 0. The van der Waals surface area contributed by atoms with Crippen molar-refractivity contribution in [3.63, 3.8) is 0 Å². The molecule has 0 bridgehead atoms. The Bertz CT molecular complexity index is 2350. The van der Waals surface area contributed by atoms with Crippen LogP contribution in [-0.4, -0.2) is 59.4 Å². The number of carboxylic acids is 1. The maximum Gasteiger partial charge on any atom is 0.335 e. The van der Waals surface area contributed by atoms with Crippen LogP contribution in [0.15, 0.2) is 121 Å². The zero-order valence-electron chi connectivity index (χ0n) is 36.9. The van der Waals surface area contributed by atoms with Gasteiger partial charge in [0.05, 0.1) is 24.7 Å². The van der Waals surface area contributed by atoms with E-state index in [9.17, 15) is 9.90 Å². The lowest BCUT2D eigenvalue weighted by Gasteiger charge is -2.36. The lowest BCUT2D eigenvalue weighted by Crippen LogP contribution is -2.42. The molecule has 0 atom stereocenters. The first-order valence-electron chi connectivity index (χ1n) is 20.8. The van der Waals surface area contributed by atoms with Crippen LogP contribution < -0.4 is 4.90 Å². The van der Waals surface area contributed by atoms with Crippen molar-refractivity contribution in [2.24, 2.45) is 10.8 Å². The number of fused-ring (bicyclic) bond motifs is 6. The molecule has 4 aromatic rings. The first-order chi connectivity index (χ1) is 27.2. The van der Waals surface area contributed by atoms with E-state index in [1.165, 1.54) is 55.5 Å². The standard InChI is InChI=1S/C52H64N2O4/c1-36(2)57-34-48(3,4)32-53-41-30-28-37-22-18-20-24-39(37)45(41)50(7,8)43(53)26-16-14-13-15-17-27-44-51(9,10)46-40-25-21-19-23-38(40)29-31-42(46)54(44)33-49(5,6)35-58-52(11,12)47(55)56/h13-31,36H,32-35H2,1-12H3/p+1. The lowest BCUT2D eigenvalue weighted by atomic mass is 9.79. The summed E-state index contributed by atoms with van der Waals surface area (Å²) in [5, 5.41) is 14.7. The molecule has 2 aliphatic rings. The van der Waals surface area contributed by atoms with E-state index in [1.807, 2.05) is 0 Å². The number of ether oxygens (including phenoxy) is 2. The molecule has 0 saturated heterocycles. The lowest BCUT2D eigenvalue weighted by molar-refractivity contribution is -0.456. The third-order valence-corrected chi connectivity index (χ3v) is 11.8. The van der Waals surface area contributed by atoms with Gasteiger partial charge in [-0.1, -0.05) is 127 Å². The van der Waals surface area contributed by atoms with Crippen molar-refractivity contribution in [2.45, 2.75) is 106 Å². The van der Waals surface area contributed by atoms with Crippen LogP contribution >= 0.6 is 0 Å². The molecule has 2 heterocycles. The predicted octanol–water partition coefficient (Wildman–Crippen LogP) is 12.1. The highest BCUT2D eigenvalue weighted by Gasteiger charge is 2.47. The Kier molecular flexibility index (Phi) is 11.9. The summed E-state index contributed by atoms with van der Waals surface area (Å²) in [4.78, 5) is 14.3. The molecular weight excluding hydrogens is 717 g/mol. The zero-order valence-corrected chi connectivity index (χ0v) is 36.9. The van der Waals surface area contributed by atoms with Crippen LogP contribution in [0.3, 0.4) is 0 Å². The smallest absolute Gasteiger partial charge is 0.335 e. The third-order valence-electron chi connectivity index (χ3n) is 11.8. The molecule has 0 radical (unpaired) electrons. The number of carboxylic acid groups (broad SMARTS) is 1. The molecule has 0 unspecified atom stereocenters. The van der Waals surface area contributed by atoms with Gasteiger partial charge in [0.1, 0.15) is 0 Å². The third kappa shape index (κ3) is 8.65. The second-order valence-corrected chi connectivity index (χ2v) is 19.6. The molecule has 0 aromatic heterocycles. The van der Waals surface area contributed by atoms with E-state index < -0.39 is 11.6 Å². The summed E-state index contributed by atoms with van der Waals surface area (Å²) < 4.78 is 14.7. The van der Waals surface area contributed by atoms with Gasteiger partial charge in [0.15, 0.2) is 17.9 Å².